The van der Waals surface area contributed by atoms with Gasteiger partial charge in [-0.25, -0.2) is 0 Å². The van der Waals surface area contributed by atoms with Crippen LogP contribution in [-0.4, -0.2) is 36.7 Å². The molecule has 26 heavy (non-hydrogen) atoms. The third-order valence-electron chi connectivity index (χ3n) is 5.53. The van der Waals surface area contributed by atoms with Gasteiger partial charge in [-0.2, -0.15) is 0 Å². The number of hydrogen-bond acceptors (Lipinski definition) is 4. The average molecular weight is 381 g/mol. The van der Waals surface area contributed by atoms with E-state index < -0.39 is 0 Å². The van der Waals surface area contributed by atoms with Gasteiger partial charge in [0.1, 0.15) is 0 Å². The van der Waals surface area contributed by atoms with Gasteiger partial charge in [0.15, 0.2) is 11.5 Å². The Morgan fingerprint density at radius 2 is 1.85 bits per heavy atom. The Bertz CT molecular complexity index is 615. The van der Waals surface area contributed by atoms with Gasteiger partial charge in [0.05, 0.1) is 6.54 Å². The van der Waals surface area contributed by atoms with E-state index in [1.165, 1.54) is 32.1 Å². The molecule has 2 aliphatic carbocycles. The van der Waals surface area contributed by atoms with E-state index >= 15 is 0 Å². The molecule has 1 aromatic rings. The third-order valence-corrected chi connectivity index (χ3v) is 5.53. The lowest BCUT2D eigenvalue weighted by Gasteiger charge is -2.34. The number of nitrogens with one attached hydrogen (secondary N) is 1. The predicted octanol–water partition coefficient (Wildman–Crippen LogP) is 3.50. The van der Waals surface area contributed by atoms with Crippen molar-refractivity contribution in [2.24, 2.45) is 5.92 Å². The Balaban J connectivity index is 0.00000196. The van der Waals surface area contributed by atoms with Crippen molar-refractivity contribution in [3.63, 3.8) is 0 Å². The van der Waals surface area contributed by atoms with Crippen molar-refractivity contribution in [1.29, 1.82) is 0 Å². The largest absolute Gasteiger partial charge is 0.454 e. The van der Waals surface area contributed by atoms with Gasteiger partial charge in [0.25, 0.3) is 0 Å². The van der Waals surface area contributed by atoms with E-state index in [-0.39, 0.29) is 25.1 Å². The molecule has 0 bridgehead atoms. The lowest BCUT2D eigenvalue weighted by atomic mass is 9.93. The minimum absolute atomic E-state index is 0. The lowest BCUT2D eigenvalue weighted by molar-refractivity contribution is -0.134. The van der Waals surface area contributed by atoms with Crippen molar-refractivity contribution < 1.29 is 14.3 Å². The van der Waals surface area contributed by atoms with Crippen LogP contribution in [0.3, 0.4) is 0 Å². The molecule has 4 rings (SSSR count). The number of carbonyl (C=O) groups is 1. The Morgan fingerprint density at radius 3 is 2.62 bits per heavy atom. The second kappa shape index (κ2) is 8.96. The van der Waals surface area contributed by atoms with E-state index in [0.29, 0.717) is 19.1 Å². The summed E-state index contributed by atoms with van der Waals surface area (Å²) in [4.78, 5) is 15.0. The van der Waals surface area contributed by atoms with Gasteiger partial charge in [-0.15, -0.1) is 12.4 Å². The maximum atomic E-state index is 12.9. The Morgan fingerprint density at radius 1 is 1.08 bits per heavy atom. The zero-order valence-electron chi connectivity index (χ0n) is 15.2. The molecule has 0 aromatic heterocycles. The number of nitrogens with zero attached hydrogens (tertiary/aromatic N) is 1. The summed E-state index contributed by atoms with van der Waals surface area (Å²) in [6, 6.07) is 6.39. The predicted molar refractivity (Wildman–Crippen MR) is 103 cm³/mol. The molecule has 3 aliphatic rings. The summed E-state index contributed by atoms with van der Waals surface area (Å²) in [6.07, 6.45) is 8.62. The number of halogens is 1. The van der Waals surface area contributed by atoms with Crippen LogP contribution in [0.15, 0.2) is 18.2 Å². The van der Waals surface area contributed by atoms with Gasteiger partial charge in [-0.1, -0.05) is 25.3 Å². The van der Waals surface area contributed by atoms with Crippen molar-refractivity contribution in [2.75, 3.05) is 19.9 Å². The quantitative estimate of drug-likeness (QED) is 0.786. The summed E-state index contributed by atoms with van der Waals surface area (Å²) in [5, 5.41) is 3.36. The second-order valence-corrected chi connectivity index (χ2v) is 7.58. The summed E-state index contributed by atoms with van der Waals surface area (Å²) in [5.74, 6) is 2.61. The van der Waals surface area contributed by atoms with Gasteiger partial charge < -0.3 is 19.7 Å². The molecular formula is C20H29ClN2O3. The molecule has 1 aromatic carbocycles. The van der Waals surface area contributed by atoms with Crippen LogP contribution in [0.4, 0.5) is 0 Å². The van der Waals surface area contributed by atoms with Crippen molar-refractivity contribution in [1.82, 2.24) is 10.2 Å². The molecule has 1 N–H and O–H groups in total. The first-order valence-electron chi connectivity index (χ1n) is 9.68. The van der Waals surface area contributed by atoms with Crippen molar-refractivity contribution in [3.8, 4) is 11.5 Å². The standard InChI is InChI=1S/C20H28N2O3.ClH/c23-20(12-21-11-15-6-7-15)22(17-4-2-1-3-5-17)13-16-8-9-18-19(10-16)25-14-24-18;/h8-10,15,17,21H,1-7,11-14H2;1H. The average Bonchev–Trinajstić information content (AvgIpc) is 3.35. The number of rotatable bonds is 7. The van der Waals surface area contributed by atoms with E-state index in [1.807, 2.05) is 18.2 Å². The molecule has 144 valence electrons. The van der Waals surface area contributed by atoms with Crippen LogP contribution in [0.2, 0.25) is 0 Å². The zero-order valence-corrected chi connectivity index (χ0v) is 16.1. The van der Waals surface area contributed by atoms with Crippen molar-refractivity contribution in [3.05, 3.63) is 23.8 Å². The SMILES string of the molecule is Cl.O=C(CNCC1CC1)N(Cc1ccc2c(c1)OCO2)C1CCCCC1. The highest BCUT2D eigenvalue weighted by Crippen LogP contribution is 2.33. The molecule has 1 aliphatic heterocycles. The first kappa shape index (κ1) is 19.3. The number of ether oxygens (including phenoxy) is 2. The molecule has 6 heteroatoms. The fourth-order valence-corrected chi connectivity index (χ4v) is 3.86. The Labute approximate surface area is 161 Å². The van der Waals surface area contributed by atoms with Crippen LogP contribution < -0.4 is 14.8 Å². The Kier molecular flexibility index (Phi) is 6.65. The molecular weight excluding hydrogens is 352 g/mol. The molecule has 0 atom stereocenters. The lowest BCUT2D eigenvalue weighted by Crippen LogP contribution is -2.45. The number of fused-ring (bicyclic) bond motifs is 1. The number of carbonyl (C=O) groups excluding carboxylic acids is 1. The smallest absolute Gasteiger partial charge is 0.237 e. The zero-order chi connectivity index (χ0) is 17.1. The van der Waals surface area contributed by atoms with E-state index in [0.717, 1.165) is 42.4 Å². The molecule has 5 nitrogen and oxygen atoms in total. The highest BCUT2D eigenvalue weighted by atomic mass is 35.5. The van der Waals surface area contributed by atoms with Crippen LogP contribution in [0.25, 0.3) is 0 Å². The third kappa shape index (κ3) is 4.83. The first-order valence-corrected chi connectivity index (χ1v) is 9.68. The highest BCUT2D eigenvalue weighted by molar-refractivity contribution is 5.85. The molecule has 1 amide bonds. The summed E-state index contributed by atoms with van der Waals surface area (Å²) >= 11 is 0. The maximum Gasteiger partial charge on any atom is 0.237 e. The van der Waals surface area contributed by atoms with Gasteiger partial charge in [-0.05, 0) is 55.8 Å². The monoisotopic (exact) mass is 380 g/mol. The van der Waals surface area contributed by atoms with Gasteiger partial charge in [0.2, 0.25) is 12.7 Å². The molecule has 0 spiro atoms. The van der Waals surface area contributed by atoms with E-state index in [1.54, 1.807) is 0 Å². The molecule has 0 unspecified atom stereocenters. The van der Waals surface area contributed by atoms with Crippen LogP contribution in [0.5, 0.6) is 11.5 Å². The van der Waals surface area contributed by atoms with E-state index in [9.17, 15) is 4.79 Å². The first-order chi connectivity index (χ1) is 12.3. The number of amides is 1. The van der Waals surface area contributed by atoms with E-state index in [4.69, 9.17) is 9.47 Å². The van der Waals surface area contributed by atoms with E-state index in [2.05, 4.69) is 10.2 Å². The molecule has 2 fully saturated rings. The number of hydrogen-bond donors (Lipinski definition) is 1. The molecule has 0 radical (unpaired) electrons. The normalized spacial score (nSPS) is 19.1. The minimum atomic E-state index is 0. The van der Waals surface area contributed by atoms with Crippen LogP contribution >= 0.6 is 12.4 Å². The van der Waals surface area contributed by atoms with Crippen molar-refractivity contribution in [2.45, 2.75) is 57.5 Å². The van der Waals surface area contributed by atoms with Gasteiger partial charge in [-0.3, -0.25) is 4.79 Å². The van der Waals surface area contributed by atoms with Crippen LogP contribution in [0.1, 0.15) is 50.5 Å². The number of benzene rings is 1. The molecule has 2 saturated carbocycles. The van der Waals surface area contributed by atoms with Crippen LogP contribution in [-0.2, 0) is 11.3 Å². The second-order valence-electron chi connectivity index (χ2n) is 7.58. The summed E-state index contributed by atoms with van der Waals surface area (Å²) in [5.41, 5.74) is 1.12. The summed E-state index contributed by atoms with van der Waals surface area (Å²) in [7, 11) is 0. The minimum Gasteiger partial charge on any atom is -0.454 e. The van der Waals surface area contributed by atoms with Crippen molar-refractivity contribution >= 4 is 18.3 Å². The topological polar surface area (TPSA) is 50.8 Å². The molecule has 1 heterocycles. The highest BCUT2D eigenvalue weighted by Gasteiger charge is 2.27. The van der Waals surface area contributed by atoms with Gasteiger partial charge in [0, 0.05) is 12.6 Å². The fourth-order valence-electron chi connectivity index (χ4n) is 3.86. The summed E-state index contributed by atoms with van der Waals surface area (Å²) in [6.45, 7) is 2.38. The summed E-state index contributed by atoms with van der Waals surface area (Å²) < 4.78 is 10.9. The fraction of sp³-hybridized carbons (Fsp3) is 0.650. The molecule has 0 saturated heterocycles. The van der Waals surface area contributed by atoms with Gasteiger partial charge >= 0.3 is 0 Å². The Hall–Kier alpha value is -1.46. The maximum absolute atomic E-state index is 12.9. The van der Waals surface area contributed by atoms with Crippen LogP contribution in [0, 0.1) is 5.92 Å².